The topological polar surface area (TPSA) is 84.4 Å². The van der Waals surface area contributed by atoms with Gasteiger partial charge in [-0.15, -0.1) is 0 Å². The highest BCUT2D eigenvalue weighted by Gasteiger charge is 2.54. The number of nitrogens with zero attached hydrogens (tertiary/aromatic N) is 2. The summed E-state index contributed by atoms with van der Waals surface area (Å²) in [5, 5.41) is 14.6. The van der Waals surface area contributed by atoms with Crippen molar-refractivity contribution in [2.45, 2.75) is 45.8 Å². The van der Waals surface area contributed by atoms with Gasteiger partial charge in [0.25, 0.3) is 5.70 Å². The van der Waals surface area contributed by atoms with Gasteiger partial charge in [-0.3, -0.25) is 15.4 Å². The van der Waals surface area contributed by atoms with Crippen LogP contribution in [-0.2, 0) is 0 Å². The van der Waals surface area contributed by atoms with E-state index in [0.717, 1.165) is 6.54 Å². The van der Waals surface area contributed by atoms with E-state index in [9.17, 15) is 10.1 Å². The number of fused-ring (bicyclic) bond motifs is 1. The number of hydrogen-bond acceptors (Lipinski definition) is 5. The second kappa shape index (κ2) is 3.35. The Balaban J connectivity index is 2.57. The lowest BCUT2D eigenvalue weighted by Gasteiger charge is -2.46. The molecule has 2 rings (SSSR count). The lowest BCUT2D eigenvalue weighted by atomic mass is 9.77. The third-order valence-electron chi connectivity index (χ3n) is 3.86. The molecule has 2 aliphatic heterocycles. The number of rotatable bonds is 1. The van der Waals surface area contributed by atoms with Crippen LogP contribution in [-0.4, -0.2) is 28.1 Å². The zero-order chi connectivity index (χ0) is 13.0. The van der Waals surface area contributed by atoms with Crippen LogP contribution in [0.5, 0.6) is 0 Å². The van der Waals surface area contributed by atoms with Gasteiger partial charge in [0.1, 0.15) is 0 Å². The second-order valence-corrected chi connectivity index (χ2v) is 5.93. The third-order valence-corrected chi connectivity index (χ3v) is 3.86. The summed E-state index contributed by atoms with van der Waals surface area (Å²) in [5.74, 6) is 0.311. The summed E-state index contributed by atoms with van der Waals surface area (Å²) in [7, 11) is 0. The molecule has 96 valence electrons. The van der Waals surface area contributed by atoms with Crippen molar-refractivity contribution in [2.24, 2.45) is 11.1 Å². The quantitative estimate of drug-likeness (QED) is 0.524. The average molecular weight is 240 g/mol. The highest BCUT2D eigenvalue weighted by atomic mass is 16.6. The second-order valence-electron chi connectivity index (χ2n) is 5.93. The summed E-state index contributed by atoms with van der Waals surface area (Å²) in [5.41, 5.74) is 5.39. The van der Waals surface area contributed by atoms with Crippen molar-refractivity contribution >= 4 is 0 Å². The van der Waals surface area contributed by atoms with Crippen LogP contribution in [0.25, 0.3) is 0 Å². The molecule has 6 heteroatoms. The van der Waals surface area contributed by atoms with Gasteiger partial charge in [-0.1, -0.05) is 0 Å². The Kier molecular flexibility index (Phi) is 2.40. The smallest absolute Gasteiger partial charge is 0.291 e. The van der Waals surface area contributed by atoms with Crippen molar-refractivity contribution in [2.75, 3.05) is 6.54 Å². The first-order valence-electron chi connectivity index (χ1n) is 5.88. The molecule has 2 unspecified atom stereocenters. The summed E-state index contributed by atoms with van der Waals surface area (Å²) in [6.45, 7) is 8.65. The molecule has 0 spiro atoms. The normalized spacial score (nSPS) is 36.0. The number of hydrogen-bond donors (Lipinski definition) is 2. The van der Waals surface area contributed by atoms with Crippen LogP contribution in [0.4, 0.5) is 0 Å². The van der Waals surface area contributed by atoms with Gasteiger partial charge in [0.15, 0.2) is 5.82 Å². The van der Waals surface area contributed by atoms with Crippen molar-refractivity contribution in [3.05, 3.63) is 21.6 Å². The Hall–Kier alpha value is -1.30. The van der Waals surface area contributed by atoms with Gasteiger partial charge in [0.05, 0.1) is 16.0 Å². The first-order chi connectivity index (χ1) is 7.69. The molecule has 2 heterocycles. The molecule has 0 aromatic heterocycles. The summed E-state index contributed by atoms with van der Waals surface area (Å²) in [6.07, 6.45) is 0.682. The summed E-state index contributed by atoms with van der Waals surface area (Å²) in [6, 6.07) is 0.186. The van der Waals surface area contributed by atoms with Crippen molar-refractivity contribution in [3.8, 4) is 0 Å². The van der Waals surface area contributed by atoms with E-state index in [1.165, 1.54) is 0 Å². The zero-order valence-corrected chi connectivity index (χ0v) is 10.8. The summed E-state index contributed by atoms with van der Waals surface area (Å²) < 4.78 is 0. The third kappa shape index (κ3) is 1.58. The number of nitrogens with two attached hydrogens (primary N) is 1. The fraction of sp³-hybridized carbons (Fsp3) is 0.818. The summed E-state index contributed by atoms with van der Waals surface area (Å²) >= 11 is 0. The number of nitrogens with one attached hydrogen (secondary N) is 1. The molecule has 2 aliphatic rings. The summed E-state index contributed by atoms with van der Waals surface area (Å²) in [4.78, 5) is 12.8. The predicted octanol–water partition coefficient (Wildman–Crippen LogP) is 0.831. The molecule has 0 aromatic carbocycles. The first-order valence-corrected chi connectivity index (χ1v) is 5.88. The lowest BCUT2D eigenvalue weighted by Crippen LogP contribution is -2.58. The standard InChI is InChI=1S/C11H20N4O2/c1-7-5-13-11(4)6-10(2,3)8(15(16)17)9(12)14(7)11/h7,13H,5-6,12H2,1-4H3. The molecule has 0 amide bonds. The zero-order valence-electron chi connectivity index (χ0n) is 10.8. The van der Waals surface area contributed by atoms with E-state index in [1.54, 1.807) is 0 Å². The highest BCUT2D eigenvalue weighted by molar-refractivity contribution is 5.22. The largest absolute Gasteiger partial charge is 0.380 e. The van der Waals surface area contributed by atoms with E-state index >= 15 is 0 Å². The highest BCUT2D eigenvalue weighted by Crippen LogP contribution is 2.46. The maximum atomic E-state index is 11.2. The Labute approximate surface area is 101 Å². The Morgan fingerprint density at radius 2 is 2.12 bits per heavy atom. The molecule has 17 heavy (non-hydrogen) atoms. The van der Waals surface area contributed by atoms with Crippen LogP contribution >= 0.6 is 0 Å². The van der Waals surface area contributed by atoms with Gasteiger partial charge in [-0.2, -0.15) is 0 Å². The molecule has 0 aliphatic carbocycles. The SMILES string of the molecule is CC1CNC2(C)CC(C)(C)C([N+](=O)[O-])=C(N)N12. The molecule has 0 saturated carbocycles. The van der Waals surface area contributed by atoms with Crippen LogP contribution in [0.2, 0.25) is 0 Å². The van der Waals surface area contributed by atoms with E-state index in [0.29, 0.717) is 12.2 Å². The van der Waals surface area contributed by atoms with Gasteiger partial charge in [-0.25, -0.2) is 0 Å². The fourth-order valence-corrected chi connectivity index (χ4v) is 3.43. The van der Waals surface area contributed by atoms with Gasteiger partial charge in [0.2, 0.25) is 0 Å². The van der Waals surface area contributed by atoms with E-state index in [-0.39, 0.29) is 22.3 Å². The van der Waals surface area contributed by atoms with Crippen LogP contribution < -0.4 is 11.1 Å². The molecular weight excluding hydrogens is 220 g/mol. The Morgan fingerprint density at radius 1 is 1.53 bits per heavy atom. The minimum absolute atomic E-state index is 0.144. The number of nitro groups is 1. The van der Waals surface area contributed by atoms with Crippen LogP contribution in [0.3, 0.4) is 0 Å². The average Bonchev–Trinajstić information content (AvgIpc) is 2.38. The predicted molar refractivity (Wildman–Crippen MR) is 64.3 cm³/mol. The molecule has 1 saturated heterocycles. The molecule has 1 fully saturated rings. The van der Waals surface area contributed by atoms with E-state index in [4.69, 9.17) is 5.73 Å². The van der Waals surface area contributed by atoms with Gasteiger partial charge in [0, 0.05) is 12.6 Å². The van der Waals surface area contributed by atoms with E-state index < -0.39 is 5.41 Å². The van der Waals surface area contributed by atoms with Crippen molar-refractivity contribution < 1.29 is 4.92 Å². The monoisotopic (exact) mass is 240 g/mol. The Bertz CT molecular complexity index is 404. The number of allylic oxidation sites excluding steroid dienone is 1. The van der Waals surface area contributed by atoms with E-state index in [2.05, 4.69) is 12.2 Å². The molecular formula is C11H20N4O2. The van der Waals surface area contributed by atoms with Gasteiger partial charge in [-0.05, 0) is 34.1 Å². The minimum Gasteiger partial charge on any atom is -0.380 e. The lowest BCUT2D eigenvalue weighted by molar-refractivity contribution is -0.445. The van der Waals surface area contributed by atoms with Crippen LogP contribution in [0.1, 0.15) is 34.1 Å². The van der Waals surface area contributed by atoms with Gasteiger partial charge >= 0.3 is 0 Å². The van der Waals surface area contributed by atoms with Crippen molar-refractivity contribution in [1.29, 1.82) is 0 Å². The van der Waals surface area contributed by atoms with Gasteiger partial charge < -0.3 is 10.6 Å². The van der Waals surface area contributed by atoms with E-state index in [1.807, 2.05) is 25.7 Å². The molecule has 3 N–H and O–H groups in total. The fourth-order valence-electron chi connectivity index (χ4n) is 3.43. The Morgan fingerprint density at radius 3 is 2.65 bits per heavy atom. The maximum Gasteiger partial charge on any atom is 0.291 e. The van der Waals surface area contributed by atoms with Crippen LogP contribution in [0, 0.1) is 15.5 Å². The molecule has 0 radical (unpaired) electrons. The van der Waals surface area contributed by atoms with Crippen molar-refractivity contribution in [1.82, 2.24) is 10.2 Å². The molecule has 0 aromatic rings. The van der Waals surface area contributed by atoms with Crippen LogP contribution in [0.15, 0.2) is 11.5 Å². The molecule has 6 nitrogen and oxygen atoms in total. The first kappa shape index (κ1) is 12.2. The van der Waals surface area contributed by atoms with Crippen molar-refractivity contribution in [3.63, 3.8) is 0 Å². The molecule has 2 atom stereocenters. The maximum absolute atomic E-state index is 11.2. The molecule has 0 bridgehead atoms. The minimum atomic E-state index is -0.518.